The average Bonchev–Trinajstić information content (AvgIpc) is 2.96. The second kappa shape index (κ2) is 3.68. The van der Waals surface area contributed by atoms with Crippen molar-refractivity contribution in [1.29, 1.82) is 0 Å². The van der Waals surface area contributed by atoms with E-state index in [2.05, 4.69) is 29.1 Å². The molecular formula is C11H18N4. The van der Waals surface area contributed by atoms with Crippen LogP contribution in [-0.4, -0.2) is 16.0 Å². The van der Waals surface area contributed by atoms with Gasteiger partial charge in [0.1, 0.15) is 17.5 Å². The SMILES string of the molecule is Cc1c(N)nc(C(C)C)nc1NC1CC1. The van der Waals surface area contributed by atoms with Gasteiger partial charge in [-0.05, 0) is 19.8 Å². The molecule has 0 unspecified atom stereocenters. The number of hydrogen-bond acceptors (Lipinski definition) is 4. The third-order valence-corrected chi connectivity index (χ3v) is 2.64. The van der Waals surface area contributed by atoms with Crippen LogP contribution >= 0.6 is 0 Å². The Hall–Kier alpha value is -1.32. The molecule has 0 bridgehead atoms. The zero-order valence-corrected chi connectivity index (χ0v) is 9.54. The second-order valence-corrected chi connectivity index (χ2v) is 4.51. The highest BCUT2D eigenvalue weighted by atomic mass is 15.1. The number of hydrogen-bond donors (Lipinski definition) is 2. The summed E-state index contributed by atoms with van der Waals surface area (Å²) in [4.78, 5) is 8.80. The maximum Gasteiger partial charge on any atom is 0.135 e. The summed E-state index contributed by atoms with van der Waals surface area (Å²) in [5, 5.41) is 3.39. The van der Waals surface area contributed by atoms with E-state index in [9.17, 15) is 0 Å². The van der Waals surface area contributed by atoms with E-state index in [1.54, 1.807) is 0 Å². The highest BCUT2D eigenvalue weighted by Crippen LogP contribution is 2.27. The third kappa shape index (κ3) is 2.19. The van der Waals surface area contributed by atoms with E-state index in [1.807, 2.05) is 6.92 Å². The van der Waals surface area contributed by atoms with Crippen LogP contribution in [0.3, 0.4) is 0 Å². The summed E-state index contributed by atoms with van der Waals surface area (Å²) in [5.41, 5.74) is 6.83. The first-order chi connectivity index (χ1) is 7.08. The molecule has 0 atom stereocenters. The van der Waals surface area contributed by atoms with Crippen LogP contribution in [0.1, 0.15) is 44.0 Å². The molecule has 15 heavy (non-hydrogen) atoms. The van der Waals surface area contributed by atoms with Gasteiger partial charge in [0.2, 0.25) is 0 Å². The van der Waals surface area contributed by atoms with Crippen LogP contribution in [0, 0.1) is 6.92 Å². The van der Waals surface area contributed by atoms with Gasteiger partial charge in [-0.3, -0.25) is 0 Å². The molecule has 0 aliphatic heterocycles. The summed E-state index contributed by atoms with van der Waals surface area (Å²) in [6.45, 7) is 6.11. The van der Waals surface area contributed by atoms with E-state index in [0.29, 0.717) is 17.8 Å². The minimum atomic E-state index is 0.313. The quantitative estimate of drug-likeness (QED) is 0.794. The van der Waals surface area contributed by atoms with Crippen LogP contribution < -0.4 is 11.1 Å². The largest absolute Gasteiger partial charge is 0.383 e. The van der Waals surface area contributed by atoms with Gasteiger partial charge in [-0.1, -0.05) is 13.8 Å². The van der Waals surface area contributed by atoms with Gasteiger partial charge in [0, 0.05) is 17.5 Å². The van der Waals surface area contributed by atoms with E-state index in [4.69, 9.17) is 5.73 Å². The molecule has 4 nitrogen and oxygen atoms in total. The molecule has 1 aliphatic carbocycles. The van der Waals surface area contributed by atoms with Crippen LogP contribution in [-0.2, 0) is 0 Å². The molecule has 0 radical (unpaired) electrons. The monoisotopic (exact) mass is 206 g/mol. The van der Waals surface area contributed by atoms with Crippen LogP contribution in [0.2, 0.25) is 0 Å². The molecule has 0 aromatic carbocycles. The first-order valence-electron chi connectivity index (χ1n) is 5.48. The van der Waals surface area contributed by atoms with Crippen molar-refractivity contribution in [3.8, 4) is 0 Å². The molecule has 1 aliphatic rings. The second-order valence-electron chi connectivity index (χ2n) is 4.51. The first-order valence-corrected chi connectivity index (χ1v) is 5.48. The van der Waals surface area contributed by atoms with Gasteiger partial charge in [0.25, 0.3) is 0 Å². The van der Waals surface area contributed by atoms with Gasteiger partial charge in [-0.15, -0.1) is 0 Å². The third-order valence-electron chi connectivity index (χ3n) is 2.64. The highest BCUT2D eigenvalue weighted by molar-refractivity contribution is 5.55. The fourth-order valence-electron chi connectivity index (χ4n) is 1.37. The number of anilines is 2. The summed E-state index contributed by atoms with van der Waals surface area (Å²) >= 11 is 0. The molecular weight excluding hydrogens is 188 g/mol. The van der Waals surface area contributed by atoms with Gasteiger partial charge in [-0.2, -0.15) is 0 Å². The standard InChI is InChI=1S/C11H18N4/c1-6(2)10-14-9(12)7(3)11(15-10)13-8-4-5-8/h6,8H,4-5H2,1-3H3,(H3,12,13,14,15). The fourth-order valence-corrected chi connectivity index (χ4v) is 1.37. The van der Waals surface area contributed by atoms with Crippen molar-refractivity contribution in [2.24, 2.45) is 0 Å². The lowest BCUT2D eigenvalue weighted by Crippen LogP contribution is -2.11. The van der Waals surface area contributed by atoms with Gasteiger partial charge in [0.15, 0.2) is 0 Å². The Labute approximate surface area is 90.3 Å². The molecule has 0 amide bonds. The summed E-state index contributed by atoms with van der Waals surface area (Å²) in [6.07, 6.45) is 2.47. The zero-order valence-electron chi connectivity index (χ0n) is 9.54. The molecule has 0 spiro atoms. The van der Waals surface area contributed by atoms with Crippen molar-refractivity contribution < 1.29 is 0 Å². The predicted octanol–water partition coefficient (Wildman–Crippen LogP) is 2.06. The van der Waals surface area contributed by atoms with Crippen molar-refractivity contribution in [2.45, 2.75) is 45.6 Å². The Bertz CT molecular complexity index is 369. The van der Waals surface area contributed by atoms with Gasteiger partial charge in [-0.25, -0.2) is 9.97 Å². The molecule has 0 saturated heterocycles. The Morgan fingerprint density at radius 2 is 2.00 bits per heavy atom. The smallest absolute Gasteiger partial charge is 0.135 e. The summed E-state index contributed by atoms with van der Waals surface area (Å²) in [6, 6.07) is 0.595. The van der Waals surface area contributed by atoms with E-state index < -0.39 is 0 Å². The maximum absolute atomic E-state index is 5.86. The normalized spacial score (nSPS) is 15.7. The predicted molar refractivity (Wildman–Crippen MR) is 61.9 cm³/mol. The molecule has 1 aromatic heterocycles. The summed E-state index contributed by atoms with van der Waals surface area (Å²) in [7, 11) is 0. The average molecular weight is 206 g/mol. The van der Waals surface area contributed by atoms with Crippen molar-refractivity contribution in [1.82, 2.24) is 9.97 Å². The summed E-state index contributed by atoms with van der Waals surface area (Å²) < 4.78 is 0. The van der Waals surface area contributed by atoms with Crippen molar-refractivity contribution in [3.63, 3.8) is 0 Å². The number of rotatable bonds is 3. The van der Waals surface area contributed by atoms with Crippen molar-refractivity contribution in [3.05, 3.63) is 11.4 Å². The Morgan fingerprint density at radius 1 is 1.33 bits per heavy atom. The van der Waals surface area contributed by atoms with E-state index in [-0.39, 0.29) is 0 Å². The number of nitrogens with two attached hydrogens (primary N) is 1. The minimum absolute atomic E-state index is 0.313. The lowest BCUT2D eigenvalue weighted by molar-refractivity contribution is 0.774. The topological polar surface area (TPSA) is 63.8 Å². The van der Waals surface area contributed by atoms with E-state index >= 15 is 0 Å². The summed E-state index contributed by atoms with van der Waals surface area (Å²) in [5.74, 6) is 2.64. The Balaban J connectivity index is 2.32. The van der Waals surface area contributed by atoms with Crippen molar-refractivity contribution >= 4 is 11.6 Å². The first kappa shape index (κ1) is 10.2. The molecule has 1 saturated carbocycles. The lowest BCUT2D eigenvalue weighted by atomic mass is 10.2. The Kier molecular flexibility index (Phi) is 2.50. The molecule has 4 heteroatoms. The lowest BCUT2D eigenvalue weighted by Gasteiger charge is -2.12. The Morgan fingerprint density at radius 3 is 2.53 bits per heavy atom. The maximum atomic E-state index is 5.86. The fraction of sp³-hybridized carbons (Fsp3) is 0.636. The highest BCUT2D eigenvalue weighted by Gasteiger charge is 2.23. The van der Waals surface area contributed by atoms with Crippen LogP contribution in [0.5, 0.6) is 0 Å². The number of nitrogens with one attached hydrogen (secondary N) is 1. The van der Waals surface area contributed by atoms with Crippen LogP contribution in [0.25, 0.3) is 0 Å². The zero-order chi connectivity index (χ0) is 11.0. The van der Waals surface area contributed by atoms with Crippen LogP contribution in [0.15, 0.2) is 0 Å². The molecule has 1 aromatic rings. The minimum Gasteiger partial charge on any atom is -0.383 e. The van der Waals surface area contributed by atoms with Gasteiger partial charge >= 0.3 is 0 Å². The van der Waals surface area contributed by atoms with E-state index in [0.717, 1.165) is 17.2 Å². The van der Waals surface area contributed by atoms with Crippen LogP contribution in [0.4, 0.5) is 11.6 Å². The number of nitrogen functional groups attached to an aromatic ring is 1. The molecule has 82 valence electrons. The van der Waals surface area contributed by atoms with Gasteiger partial charge in [0.05, 0.1) is 0 Å². The number of aromatic nitrogens is 2. The molecule has 1 heterocycles. The van der Waals surface area contributed by atoms with E-state index in [1.165, 1.54) is 12.8 Å². The van der Waals surface area contributed by atoms with Gasteiger partial charge < -0.3 is 11.1 Å². The molecule has 2 rings (SSSR count). The molecule has 1 fully saturated rings. The van der Waals surface area contributed by atoms with Crippen molar-refractivity contribution in [2.75, 3.05) is 11.1 Å². The molecule has 3 N–H and O–H groups in total. The number of nitrogens with zero attached hydrogens (tertiary/aromatic N) is 2.